The number of halogens is 3. The number of aromatic nitrogens is 1. The van der Waals surface area contributed by atoms with Crippen LogP contribution in [0, 0.1) is 0 Å². The van der Waals surface area contributed by atoms with Gasteiger partial charge in [-0.2, -0.15) is 0 Å². The summed E-state index contributed by atoms with van der Waals surface area (Å²) in [4.78, 5) is 17.7. The van der Waals surface area contributed by atoms with Crippen LogP contribution in [0.1, 0.15) is 10.4 Å². The van der Waals surface area contributed by atoms with Crippen LogP contribution in [0.25, 0.3) is 0 Å². The number of amides is 1. The van der Waals surface area contributed by atoms with Crippen molar-refractivity contribution in [2.75, 3.05) is 26.2 Å². The Morgan fingerprint density at radius 1 is 1.35 bits per heavy atom. The van der Waals surface area contributed by atoms with Gasteiger partial charge < -0.3 is 10.2 Å². The molecule has 7 heteroatoms. The van der Waals surface area contributed by atoms with E-state index < -0.39 is 0 Å². The summed E-state index contributed by atoms with van der Waals surface area (Å²) in [5.74, 6) is -0.0103. The fourth-order valence-corrected chi connectivity index (χ4v) is 1.79. The van der Waals surface area contributed by atoms with E-state index in [1.54, 1.807) is 17.2 Å². The quantitative estimate of drug-likeness (QED) is 0.857. The lowest BCUT2D eigenvalue weighted by Gasteiger charge is -2.27. The van der Waals surface area contributed by atoms with Gasteiger partial charge in [-0.25, -0.2) is 0 Å². The highest BCUT2D eigenvalue weighted by atomic mass is 35.5. The number of nitrogens with zero attached hydrogens (tertiary/aromatic N) is 2. The molecule has 1 aliphatic rings. The Balaban J connectivity index is 0.00000128. The molecule has 96 valence electrons. The summed E-state index contributed by atoms with van der Waals surface area (Å²) in [6, 6.07) is 1.66. The first-order chi connectivity index (χ1) is 7.29. The van der Waals surface area contributed by atoms with E-state index in [1.807, 2.05) is 0 Å². The molecule has 2 rings (SSSR count). The topological polar surface area (TPSA) is 45.2 Å². The summed E-state index contributed by atoms with van der Waals surface area (Å²) in [6.07, 6.45) is 3.08. The average Bonchev–Trinajstić information content (AvgIpc) is 2.30. The van der Waals surface area contributed by atoms with E-state index in [4.69, 9.17) is 11.6 Å². The molecule has 0 unspecified atom stereocenters. The Morgan fingerprint density at radius 3 is 2.59 bits per heavy atom. The van der Waals surface area contributed by atoms with Gasteiger partial charge in [-0.3, -0.25) is 9.78 Å². The second kappa shape index (κ2) is 7.71. The number of carbonyl (C=O) groups excluding carboxylic acids is 1. The Labute approximate surface area is 118 Å². The van der Waals surface area contributed by atoms with Gasteiger partial charge in [0.05, 0.1) is 10.6 Å². The van der Waals surface area contributed by atoms with E-state index in [-0.39, 0.29) is 30.7 Å². The van der Waals surface area contributed by atoms with Crippen molar-refractivity contribution in [1.82, 2.24) is 15.2 Å². The third-order valence-electron chi connectivity index (χ3n) is 2.41. The van der Waals surface area contributed by atoms with Crippen LogP contribution in [0.4, 0.5) is 0 Å². The predicted molar refractivity (Wildman–Crippen MR) is 72.5 cm³/mol. The molecule has 0 saturated carbocycles. The van der Waals surface area contributed by atoms with E-state index in [9.17, 15) is 4.79 Å². The van der Waals surface area contributed by atoms with Gasteiger partial charge in [0, 0.05) is 38.6 Å². The first-order valence-electron chi connectivity index (χ1n) is 4.88. The summed E-state index contributed by atoms with van der Waals surface area (Å²) in [5, 5.41) is 3.61. The van der Waals surface area contributed by atoms with Crippen LogP contribution in [-0.2, 0) is 0 Å². The molecular formula is C10H14Cl3N3O. The van der Waals surface area contributed by atoms with E-state index in [2.05, 4.69) is 10.3 Å². The minimum atomic E-state index is -0.0103. The number of hydrogen-bond donors (Lipinski definition) is 1. The monoisotopic (exact) mass is 297 g/mol. The van der Waals surface area contributed by atoms with Crippen molar-refractivity contribution >= 4 is 42.3 Å². The maximum atomic E-state index is 12.0. The number of piperazine rings is 1. The van der Waals surface area contributed by atoms with Crippen molar-refractivity contribution in [1.29, 1.82) is 0 Å². The predicted octanol–water partition coefficient (Wildman–Crippen LogP) is 1.62. The molecule has 2 heterocycles. The number of hydrogen-bond acceptors (Lipinski definition) is 3. The van der Waals surface area contributed by atoms with Gasteiger partial charge in [-0.1, -0.05) is 11.6 Å². The van der Waals surface area contributed by atoms with E-state index >= 15 is 0 Å². The maximum absolute atomic E-state index is 12.0. The van der Waals surface area contributed by atoms with Gasteiger partial charge in [0.2, 0.25) is 0 Å². The Kier molecular flexibility index (Phi) is 7.46. The first kappa shape index (κ1) is 16.4. The Bertz CT molecular complexity index is 370. The van der Waals surface area contributed by atoms with Crippen LogP contribution in [0.2, 0.25) is 5.02 Å². The van der Waals surface area contributed by atoms with Gasteiger partial charge in [0.15, 0.2) is 0 Å². The largest absolute Gasteiger partial charge is 0.336 e. The lowest BCUT2D eigenvalue weighted by atomic mass is 10.2. The molecule has 0 spiro atoms. The minimum Gasteiger partial charge on any atom is -0.336 e. The van der Waals surface area contributed by atoms with Gasteiger partial charge in [0.1, 0.15) is 0 Å². The summed E-state index contributed by atoms with van der Waals surface area (Å²) < 4.78 is 0. The smallest absolute Gasteiger partial charge is 0.255 e. The zero-order valence-corrected chi connectivity index (χ0v) is 11.4. The molecule has 1 fully saturated rings. The fourth-order valence-electron chi connectivity index (χ4n) is 1.59. The first-order valence-corrected chi connectivity index (χ1v) is 5.26. The molecule has 17 heavy (non-hydrogen) atoms. The van der Waals surface area contributed by atoms with Crippen LogP contribution in [0.3, 0.4) is 0 Å². The molecule has 1 saturated heterocycles. The Hall–Kier alpha value is -0.550. The zero-order chi connectivity index (χ0) is 10.7. The molecule has 1 N–H and O–H groups in total. The van der Waals surface area contributed by atoms with Crippen molar-refractivity contribution in [3.63, 3.8) is 0 Å². The molecule has 0 aliphatic carbocycles. The fraction of sp³-hybridized carbons (Fsp3) is 0.400. The third kappa shape index (κ3) is 4.00. The van der Waals surface area contributed by atoms with Gasteiger partial charge >= 0.3 is 0 Å². The minimum absolute atomic E-state index is 0. The highest BCUT2D eigenvalue weighted by Gasteiger charge is 2.19. The Morgan fingerprint density at radius 2 is 2.00 bits per heavy atom. The number of pyridine rings is 1. The molecule has 0 aromatic carbocycles. The molecular weight excluding hydrogens is 284 g/mol. The van der Waals surface area contributed by atoms with Crippen LogP contribution >= 0.6 is 36.4 Å². The summed E-state index contributed by atoms with van der Waals surface area (Å²) >= 11 is 5.91. The van der Waals surface area contributed by atoms with Crippen molar-refractivity contribution in [2.24, 2.45) is 0 Å². The number of rotatable bonds is 1. The standard InChI is InChI=1S/C10H12ClN3O.2ClH/c11-9-7-13-2-1-8(9)10(15)14-5-3-12-4-6-14;;/h1-2,7,12H,3-6H2;2*1H. The highest BCUT2D eigenvalue weighted by molar-refractivity contribution is 6.33. The molecule has 1 aromatic heterocycles. The maximum Gasteiger partial charge on any atom is 0.255 e. The van der Waals surface area contributed by atoms with Crippen LogP contribution in [0.5, 0.6) is 0 Å². The van der Waals surface area contributed by atoms with Crippen LogP contribution in [0.15, 0.2) is 18.5 Å². The average molecular weight is 299 g/mol. The molecule has 1 aromatic rings. The normalized spacial score (nSPS) is 14.5. The van der Waals surface area contributed by atoms with Crippen molar-refractivity contribution < 1.29 is 4.79 Å². The van der Waals surface area contributed by atoms with Gasteiger partial charge in [-0.05, 0) is 6.07 Å². The lowest BCUT2D eigenvalue weighted by molar-refractivity contribution is 0.0736. The van der Waals surface area contributed by atoms with Crippen molar-refractivity contribution in [2.45, 2.75) is 0 Å². The molecule has 0 bridgehead atoms. The molecule has 0 radical (unpaired) electrons. The van der Waals surface area contributed by atoms with Crippen molar-refractivity contribution in [3.8, 4) is 0 Å². The zero-order valence-electron chi connectivity index (χ0n) is 9.06. The summed E-state index contributed by atoms with van der Waals surface area (Å²) in [5.41, 5.74) is 0.536. The van der Waals surface area contributed by atoms with Crippen molar-refractivity contribution in [3.05, 3.63) is 29.0 Å². The lowest BCUT2D eigenvalue weighted by Crippen LogP contribution is -2.46. The number of nitrogens with one attached hydrogen (secondary N) is 1. The number of carbonyl (C=O) groups is 1. The van der Waals surface area contributed by atoms with Gasteiger partial charge in [-0.15, -0.1) is 24.8 Å². The summed E-state index contributed by atoms with van der Waals surface area (Å²) in [6.45, 7) is 3.15. The van der Waals surface area contributed by atoms with E-state index in [0.29, 0.717) is 10.6 Å². The molecule has 1 amide bonds. The molecule has 0 atom stereocenters. The van der Waals surface area contributed by atoms with E-state index in [1.165, 1.54) is 6.20 Å². The second-order valence-electron chi connectivity index (χ2n) is 3.40. The summed E-state index contributed by atoms with van der Waals surface area (Å²) in [7, 11) is 0. The van der Waals surface area contributed by atoms with Gasteiger partial charge in [0.25, 0.3) is 5.91 Å². The van der Waals surface area contributed by atoms with Crippen LogP contribution < -0.4 is 5.32 Å². The van der Waals surface area contributed by atoms with E-state index in [0.717, 1.165) is 26.2 Å². The molecule has 1 aliphatic heterocycles. The molecule has 4 nitrogen and oxygen atoms in total. The second-order valence-corrected chi connectivity index (χ2v) is 3.80. The third-order valence-corrected chi connectivity index (χ3v) is 2.71. The van der Waals surface area contributed by atoms with Crippen LogP contribution in [-0.4, -0.2) is 42.0 Å². The SMILES string of the molecule is Cl.Cl.O=C(c1ccncc1Cl)N1CCNCC1. The highest BCUT2D eigenvalue weighted by Crippen LogP contribution is 2.15.